The van der Waals surface area contributed by atoms with Crippen LogP contribution in [0.15, 0.2) is 47.3 Å². The number of nitrogens with zero attached hydrogens (tertiary/aromatic N) is 2. The fourth-order valence-electron chi connectivity index (χ4n) is 4.00. The van der Waals surface area contributed by atoms with E-state index in [0.29, 0.717) is 17.7 Å². The zero-order valence-corrected chi connectivity index (χ0v) is 23.5. The van der Waals surface area contributed by atoms with E-state index in [1.165, 1.54) is 12.1 Å². The van der Waals surface area contributed by atoms with E-state index in [2.05, 4.69) is 0 Å². The first-order valence-corrected chi connectivity index (χ1v) is 12.4. The number of carbonyl (C=O) groups is 2. The first-order valence-electron chi connectivity index (χ1n) is 12.4. The van der Waals surface area contributed by atoms with Gasteiger partial charge in [-0.1, -0.05) is 12.1 Å². The normalized spacial score (nSPS) is 18.4. The molecule has 0 amide bonds. The van der Waals surface area contributed by atoms with Gasteiger partial charge in [0.05, 0.1) is 21.2 Å². The Labute approximate surface area is 219 Å². The van der Waals surface area contributed by atoms with Crippen LogP contribution >= 0.6 is 0 Å². The number of benzene rings is 1. The second-order valence-electron chi connectivity index (χ2n) is 11.3. The van der Waals surface area contributed by atoms with Crippen molar-refractivity contribution in [1.82, 2.24) is 4.90 Å². The first-order chi connectivity index (χ1) is 17.0. The van der Waals surface area contributed by atoms with Crippen molar-refractivity contribution in [2.75, 3.05) is 26.6 Å². The molecule has 0 spiro atoms. The maximum atomic E-state index is 12.8. The molecule has 0 radical (unpaired) electrons. The highest BCUT2D eigenvalue weighted by molar-refractivity contribution is 5.76. The van der Waals surface area contributed by atoms with Crippen LogP contribution in [0, 0.1) is 20.9 Å². The molecular formula is C28H40N2O7. The molecule has 9 nitrogen and oxygen atoms in total. The van der Waals surface area contributed by atoms with Crippen LogP contribution in [0.1, 0.15) is 67.9 Å². The standard InChI is InChI=1S/C28H40N2O7/c1-10-35-18-29-19(2)15-28(17-37-25(32)27(7,8)9,21-12-11-13-22(14-21)30(33)34)23(20(29)3)16-36-24(31)26(4,5)6/h11-15H,10,16-18H2,1-9H3. The maximum Gasteiger partial charge on any atom is 0.311 e. The summed E-state index contributed by atoms with van der Waals surface area (Å²) >= 11 is 0. The van der Waals surface area contributed by atoms with Crippen molar-refractivity contribution >= 4 is 17.6 Å². The van der Waals surface area contributed by atoms with Crippen LogP contribution in [-0.4, -0.2) is 48.3 Å². The number of hydrogen-bond donors (Lipinski definition) is 0. The molecule has 1 atom stereocenters. The molecule has 1 unspecified atom stereocenters. The molecule has 2 rings (SSSR count). The maximum absolute atomic E-state index is 12.8. The number of esters is 2. The summed E-state index contributed by atoms with van der Waals surface area (Å²) in [7, 11) is 0. The minimum Gasteiger partial charge on any atom is -0.464 e. The van der Waals surface area contributed by atoms with Crippen molar-refractivity contribution < 1.29 is 28.7 Å². The molecule has 0 saturated heterocycles. The SMILES string of the molecule is CCOCN1C(C)=CC(COC(=O)C(C)(C)C)(c2cccc([N+](=O)[O-])c2)C(COC(=O)C(C)(C)C)=C1C. The lowest BCUT2D eigenvalue weighted by Gasteiger charge is -2.43. The van der Waals surface area contributed by atoms with Crippen molar-refractivity contribution in [1.29, 1.82) is 0 Å². The molecule has 9 heteroatoms. The summed E-state index contributed by atoms with van der Waals surface area (Å²) in [6.45, 7) is 16.8. The Balaban J connectivity index is 2.75. The predicted octanol–water partition coefficient (Wildman–Crippen LogP) is 5.50. The molecule has 1 aromatic rings. The summed E-state index contributed by atoms with van der Waals surface area (Å²) in [5.41, 5.74) is 0.0942. The largest absolute Gasteiger partial charge is 0.464 e. The van der Waals surface area contributed by atoms with Crippen LogP contribution < -0.4 is 0 Å². The summed E-state index contributed by atoms with van der Waals surface area (Å²) in [6.07, 6.45) is 1.91. The Morgan fingerprint density at radius 3 is 2.16 bits per heavy atom. The lowest BCUT2D eigenvalue weighted by Crippen LogP contribution is -2.44. The van der Waals surface area contributed by atoms with E-state index in [1.54, 1.807) is 53.7 Å². The van der Waals surface area contributed by atoms with Crippen molar-refractivity contribution in [3.63, 3.8) is 0 Å². The molecule has 37 heavy (non-hydrogen) atoms. The van der Waals surface area contributed by atoms with Crippen molar-refractivity contribution in [3.8, 4) is 0 Å². The number of hydrogen-bond acceptors (Lipinski definition) is 8. The van der Waals surface area contributed by atoms with Gasteiger partial charge in [-0.2, -0.15) is 0 Å². The van der Waals surface area contributed by atoms with E-state index >= 15 is 0 Å². The molecule has 1 aliphatic heterocycles. The van der Waals surface area contributed by atoms with Gasteiger partial charge >= 0.3 is 11.9 Å². The molecule has 1 aliphatic rings. The van der Waals surface area contributed by atoms with Gasteiger partial charge in [0.15, 0.2) is 0 Å². The average Bonchev–Trinajstić information content (AvgIpc) is 2.80. The molecule has 0 aromatic heterocycles. The molecular weight excluding hydrogens is 476 g/mol. The van der Waals surface area contributed by atoms with Gasteiger partial charge in [0.25, 0.3) is 5.69 Å². The van der Waals surface area contributed by atoms with Crippen molar-refractivity contribution in [2.24, 2.45) is 10.8 Å². The third-order valence-corrected chi connectivity index (χ3v) is 6.26. The molecule has 0 saturated carbocycles. The van der Waals surface area contributed by atoms with E-state index in [4.69, 9.17) is 14.2 Å². The summed E-state index contributed by atoms with van der Waals surface area (Å²) in [5, 5.41) is 11.6. The highest BCUT2D eigenvalue weighted by Gasteiger charge is 2.44. The number of ether oxygens (including phenoxy) is 3. The van der Waals surface area contributed by atoms with E-state index in [-0.39, 0.29) is 25.6 Å². The fourth-order valence-corrected chi connectivity index (χ4v) is 4.00. The number of nitro benzene ring substituents is 1. The number of rotatable bonds is 9. The Morgan fingerprint density at radius 2 is 1.62 bits per heavy atom. The van der Waals surface area contributed by atoms with Crippen LogP contribution in [0.25, 0.3) is 0 Å². The number of non-ortho nitro benzene ring substituents is 1. The summed E-state index contributed by atoms with van der Waals surface area (Å²) in [6, 6.07) is 6.25. The highest BCUT2D eigenvalue weighted by Crippen LogP contribution is 2.44. The van der Waals surface area contributed by atoms with Crippen LogP contribution in [0.4, 0.5) is 5.69 Å². The highest BCUT2D eigenvalue weighted by atomic mass is 16.6. The minimum atomic E-state index is -1.11. The smallest absolute Gasteiger partial charge is 0.311 e. The second kappa shape index (κ2) is 11.5. The second-order valence-corrected chi connectivity index (χ2v) is 11.3. The summed E-state index contributed by atoms with van der Waals surface area (Å²) in [5.74, 6) is -0.807. The van der Waals surface area contributed by atoms with Gasteiger partial charge in [-0.05, 0) is 74.0 Å². The van der Waals surface area contributed by atoms with Gasteiger partial charge in [0.1, 0.15) is 19.9 Å². The lowest BCUT2D eigenvalue weighted by atomic mass is 9.71. The molecule has 0 fully saturated rings. The molecule has 1 heterocycles. The van der Waals surface area contributed by atoms with Crippen molar-refractivity contribution in [3.05, 3.63) is 63.0 Å². The Kier molecular flexibility index (Phi) is 9.30. The van der Waals surface area contributed by atoms with Crippen LogP contribution in [0.3, 0.4) is 0 Å². The lowest BCUT2D eigenvalue weighted by molar-refractivity contribution is -0.385. The van der Waals surface area contributed by atoms with Crippen LogP contribution in [0.5, 0.6) is 0 Å². The number of nitro groups is 1. The quantitative estimate of drug-likeness (QED) is 0.241. The van der Waals surface area contributed by atoms with Crippen LogP contribution in [-0.2, 0) is 29.2 Å². The van der Waals surface area contributed by atoms with Gasteiger partial charge in [-0.15, -0.1) is 0 Å². The average molecular weight is 517 g/mol. The Hall–Kier alpha value is -3.20. The molecule has 204 valence electrons. The molecule has 0 bridgehead atoms. The van der Waals surface area contributed by atoms with Gasteiger partial charge < -0.3 is 19.1 Å². The van der Waals surface area contributed by atoms with Gasteiger partial charge in [0, 0.05) is 35.7 Å². The van der Waals surface area contributed by atoms with Crippen molar-refractivity contribution in [2.45, 2.75) is 67.7 Å². The van der Waals surface area contributed by atoms with E-state index in [0.717, 1.165) is 11.4 Å². The first kappa shape index (κ1) is 30.0. The van der Waals surface area contributed by atoms with E-state index in [1.807, 2.05) is 31.7 Å². The third kappa shape index (κ3) is 6.97. The van der Waals surface area contributed by atoms with Crippen LogP contribution in [0.2, 0.25) is 0 Å². The number of allylic oxidation sites excluding steroid dienone is 2. The third-order valence-electron chi connectivity index (χ3n) is 6.26. The fraction of sp³-hybridized carbons (Fsp3) is 0.571. The summed E-state index contributed by atoms with van der Waals surface area (Å²) in [4.78, 5) is 38.7. The zero-order chi connectivity index (χ0) is 28.2. The summed E-state index contributed by atoms with van der Waals surface area (Å²) < 4.78 is 17.3. The molecule has 0 N–H and O–H groups in total. The minimum absolute atomic E-state index is 0.0921. The van der Waals surface area contributed by atoms with Gasteiger partial charge in [0.2, 0.25) is 0 Å². The molecule has 0 aliphatic carbocycles. The van der Waals surface area contributed by atoms with E-state index < -0.39 is 33.1 Å². The Morgan fingerprint density at radius 1 is 1.03 bits per heavy atom. The number of carbonyl (C=O) groups excluding carboxylic acids is 2. The Bertz CT molecular complexity index is 1090. The monoisotopic (exact) mass is 516 g/mol. The van der Waals surface area contributed by atoms with Gasteiger partial charge in [-0.3, -0.25) is 19.7 Å². The molecule has 1 aromatic carbocycles. The van der Waals surface area contributed by atoms with Gasteiger partial charge in [-0.25, -0.2) is 0 Å². The zero-order valence-electron chi connectivity index (χ0n) is 23.5. The predicted molar refractivity (Wildman–Crippen MR) is 140 cm³/mol. The topological polar surface area (TPSA) is 108 Å². The van der Waals surface area contributed by atoms with E-state index in [9.17, 15) is 19.7 Å².